The van der Waals surface area contributed by atoms with Crippen molar-refractivity contribution in [1.29, 1.82) is 0 Å². The Bertz CT molecular complexity index is 1010. The summed E-state index contributed by atoms with van der Waals surface area (Å²) in [4.78, 5) is 4.67. The molecule has 120 valence electrons. The number of thioether (sulfide) groups is 1. The molecule has 4 aromatic rings. The minimum Gasteiger partial charge on any atom is -0.307 e. The van der Waals surface area contributed by atoms with E-state index in [1.54, 1.807) is 4.68 Å². The van der Waals surface area contributed by atoms with E-state index in [1.807, 2.05) is 47.1 Å². The lowest BCUT2D eigenvalue weighted by atomic mass is 10.3. The quantitative estimate of drug-likeness (QED) is 0.523. The highest BCUT2D eigenvalue weighted by atomic mass is 35.5. The van der Waals surface area contributed by atoms with Crippen LogP contribution < -0.4 is 0 Å². The van der Waals surface area contributed by atoms with E-state index >= 15 is 0 Å². The number of benzene rings is 1. The molecule has 0 saturated carbocycles. The molecule has 0 fully saturated rings. The number of tetrazole rings is 1. The molecule has 0 amide bonds. The molecule has 0 saturated heterocycles. The summed E-state index contributed by atoms with van der Waals surface area (Å²) in [5.41, 5.74) is 3.94. The van der Waals surface area contributed by atoms with Gasteiger partial charge in [-0.05, 0) is 47.2 Å². The Labute approximate surface area is 147 Å². The first-order valence-electron chi connectivity index (χ1n) is 7.31. The molecule has 3 aromatic heterocycles. The van der Waals surface area contributed by atoms with Crippen LogP contribution in [0.4, 0.5) is 0 Å². The van der Waals surface area contributed by atoms with Gasteiger partial charge in [0.1, 0.15) is 5.65 Å². The van der Waals surface area contributed by atoms with Crippen molar-refractivity contribution in [2.45, 2.75) is 17.8 Å². The van der Waals surface area contributed by atoms with E-state index in [0.29, 0.717) is 15.9 Å². The van der Waals surface area contributed by atoms with E-state index in [-0.39, 0.29) is 0 Å². The van der Waals surface area contributed by atoms with Gasteiger partial charge in [0.15, 0.2) is 0 Å². The maximum absolute atomic E-state index is 6.05. The Balaban J connectivity index is 1.58. The molecular weight excluding hydrogens is 344 g/mol. The highest BCUT2D eigenvalue weighted by molar-refractivity contribution is 7.98. The number of rotatable bonds is 4. The summed E-state index contributed by atoms with van der Waals surface area (Å²) in [6.45, 7) is 2.05. The average Bonchev–Trinajstić information content (AvgIpc) is 3.20. The average molecular weight is 357 g/mol. The van der Waals surface area contributed by atoms with Crippen LogP contribution in [0.15, 0.2) is 53.9 Å². The summed E-state index contributed by atoms with van der Waals surface area (Å²) in [7, 11) is 0. The van der Waals surface area contributed by atoms with Gasteiger partial charge in [-0.15, -0.1) is 5.10 Å². The maximum Gasteiger partial charge on any atom is 0.214 e. The Hall–Kier alpha value is -2.38. The van der Waals surface area contributed by atoms with E-state index in [2.05, 4.69) is 33.5 Å². The fourth-order valence-electron chi connectivity index (χ4n) is 2.45. The second kappa shape index (κ2) is 6.26. The van der Waals surface area contributed by atoms with Crippen molar-refractivity contribution in [3.8, 4) is 5.69 Å². The van der Waals surface area contributed by atoms with Gasteiger partial charge in [-0.1, -0.05) is 35.5 Å². The number of halogens is 1. The van der Waals surface area contributed by atoms with Gasteiger partial charge in [0.2, 0.25) is 5.16 Å². The molecule has 0 atom stereocenters. The Morgan fingerprint density at radius 2 is 2.12 bits per heavy atom. The lowest BCUT2D eigenvalue weighted by Gasteiger charge is -2.03. The fraction of sp³-hybridized carbons (Fsp3) is 0.125. The SMILES string of the molecule is Cc1cccn2cc(CSc3nnnn3-c3cccc(Cl)c3)nc12. The smallest absolute Gasteiger partial charge is 0.214 e. The Morgan fingerprint density at radius 3 is 2.96 bits per heavy atom. The van der Waals surface area contributed by atoms with Crippen LogP contribution in [-0.4, -0.2) is 29.6 Å². The van der Waals surface area contributed by atoms with Crippen LogP contribution in [0.5, 0.6) is 0 Å². The van der Waals surface area contributed by atoms with Crippen molar-refractivity contribution in [3.05, 3.63) is 65.1 Å². The van der Waals surface area contributed by atoms with Crippen molar-refractivity contribution in [2.24, 2.45) is 0 Å². The second-order valence-corrected chi connectivity index (χ2v) is 6.68. The van der Waals surface area contributed by atoms with Crippen LogP contribution in [-0.2, 0) is 5.75 Å². The number of hydrogen-bond donors (Lipinski definition) is 0. The fourth-order valence-corrected chi connectivity index (χ4v) is 3.41. The van der Waals surface area contributed by atoms with Gasteiger partial charge in [0.05, 0.1) is 11.4 Å². The van der Waals surface area contributed by atoms with Gasteiger partial charge in [-0.3, -0.25) is 0 Å². The molecule has 24 heavy (non-hydrogen) atoms. The molecule has 0 aliphatic carbocycles. The minimum atomic E-state index is 0.648. The minimum absolute atomic E-state index is 0.648. The van der Waals surface area contributed by atoms with Gasteiger partial charge in [-0.2, -0.15) is 4.68 Å². The lowest BCUT2D eigenvalue weighted by molar-refractivity contribution is 0.756. The zero-order valence-electron chi connectivity index (χ0n) is 12.8. The largest absolute Gasteiger partial charge is 0.307 e. The van der Waals surface area contributed by atoms with Crippen LogP contribution in [0.1, 0.15) is 11.3 Å². The molecule has 0 radical (unpaired) electrons. The summed E-state index contributed by atoms with van der Waals surface area (Å²) in [6.07, 6.45) is 4.03. The number of aromatic nitrogens is 6. The first-order valence-corrected chi connectivity index (χ1v) is 8.67. The predicted octanol–water partition coefficient (Wildman–Crippen LogP) is 3.56. The first kappa shape index (κ1) is 15.2. The van der Waals surface area contributed by atoms with E-state index in [4.69, 9.17) is 11.6 Å². The standard InChI is InChI=1S/C16H13ClN6S/c1-11-4-3-7-22-9-13(18-15(11)22)10-24-16-19-20-21-23(16)14-6-2-5-12(17)8-14/h2-9H,10H2,1H3. The summed E-state index contributed by atoms with van der Waals surface area (Å²) >= 11 is 7.58. The number of pyridine rings is 1. The van der Waals surface area contributed by atoms with Gasteiger partial charge < -0.3 is 4.40 Å². The van der Waals surface area contributed by atoms with Gasteiger partial charge in [0, 0.05) is 23.2 Å². The molecule has 0 spiro atoms. The zero-order valence-corrected chi connectivity index (χ0v) is 14.4. The summed E-state index contributed by atoms with van der Waals surface area (Å²) in [5, 5.41) is 13.3. The molecule has 8 heteroatoms. The molecule has 4 rings (SSSR count). The molecule has 0 aliphatic heterocycles. The number of aryl methyl sites for hydroxylation is 1. The maximum atomic E-state index is 6.05. The molecule has 3 heterocycles. The monoisotopic (exact) mass is 356 g/mol. The topological polar surface area (TPSA) is 60.9 Å². The van der Waals surface area contributed by atoms with Crippen LogP contribution >= 0.6 is 23.4 Å². The summed E-state index contributed by atoms with van der Waals surface area (Å²) < 4.78 is 3.71. The molecular formula is C16H13ClN6S. The van der Waals surface area contributed by atoms with E-state index < -0.39 is 0 Å². The van der Waals surface area contributed by atoms with Crippen molar-refractivity contribution < 1.29 is 0 Å². The second-order valence-electron chi connectivity index (χ2n) is 5.30. The zero-order chi connectivity index (χ0) is 16.5. The van der Waals surface area contributed by atoms with Gasteiger partial charge in [-0.25, -0.2) is 4.98 Å². The third-order valence-corrected chi connectivity index (χ3v) is 4.76. The van der Waals surface area contributed by atoms with Crippen molar-refractivity contribution in [1.82, 2.24) is 29.6 Å². The Kier molecular flexibility index (Phi) is 3.95. The molecule has 0 bridgehead atoms. The number of nitrogens with zero attached hydrogens (tertiary/aromatic N) is 6. The Morgan fingerprint density at radius 1 is 1.21 bits per heavy atom. The molecule has 1 aromatic carbocycles. The third kappa shape index (κ3) is 2.88. The van der Waals surface area contributed by atoms with Crippen molar-refractivity contribution in [3.63, 3.8) is 0 Å². The third-order valence-electron chi connectivity index (χ3n) is 3.57. The molecule has 0 unspecified atom stereocenters. The summed E-state index contributed by atoms with van der Waals surface area (Å²) in [6, 6.07) is 11.5. The number of imidazole rings is 1. The van der Waals surface area contributed by atoms with E-state index in [0.717, 1.165) is 22.6 Å². The van der Waals surface area contributed by atoms with Crippen LogP contribution in [0.25, 0.3) is 11.3 Å². The summed E-state index contributed by atoms with van der Waals surface area (Å²) in [5.74, 6) is 0.683. The number of hydrogen-bond acceptors (Lipinski definition) is 5. The normalized spacial score (nSPS) is 11.2. The highest BCUT2D eigenvalue weighted by Gasteiger charge is 2.11. The van der Waals surface area contributed by atoms with Crippen LogP contribution in [0.2, 0.25) is 5.02 Å². The van der Waals surface area contributed by atoms with Crippen LogP contribution in [0.3, 0.4) is 0 Å². The van der Waals surface area contributed by atoms with E-state index in [1.165, 1.54) is 11.8 Å². The van der Waals surface area contributed by atoms with Crippen molar-refractivity contribution >= 4 is 29.0 Å². The lowest BCUT2D eigenvalue weighted by Crippen LogP contribution is -1.99. The van der Waals surface area contributed by atoms with Gasteiger partial charge in [0.25, 0.3) is 0 Å². The molecule has 6 nitrogen and oxygen atoms in total. The highest BCUT2D eigenvalue weighted by Crippen LogP contribution is 2.24. The molecule has 0 N–H and O–H groups in total. The predicted molar refractivity (Wildman–Crippen MR) is 93.7 cm³/mol. The van der Waals surface area contributed by atoms with E-state index in [9.17, 15) is 0 Å². The van der Waals surface area contributed by atoms with Crippen molar-refractivity contribution in [2.75, 3.05) is 0 Å². The molecule has 0 aliphatic rings. The van der Waals surface area contributed by atoms with Gasteiger partial charge >= 0.3 is 0 Å². The first-order chi connectivity index (χ1) is 11.7. The van der Waals surface area contributed by atoms with Crippen LogP contribution in [0, 0.1) is 6.92 Å². The number of fused-ring (bicyclic) bond motifs is 1.